The Labute approximate surface area is 361 Å². The number of fused-ring (bicyclic) bond motifs is 1. The van der Waals surface area contributed by atoms with Crippen molar-refractivity contribution in [2.75, 3.05) is 37.8 Å². The highest BCUT2D eigenvalue weighted by Gasteiger charge is 2.50. The predicted octanol–water partition coefficient (Wildman–Crippen LogP) is 2.53. The second-order valence-corrected chi connectivity index (χ2v) is 19.9. The molecule has 24 nitrogen and oxygen atoms in total. The van der Waals surface area contributed by atoms with Crippen LogP contribution in [0.5, 0.6) is 0 Å². The van der Waals surface area contributed by atoms with E-state index in [2.05, 4.69) is 47.4 Å². The van der Waals surface area contributed by atoms with Gasteiger partial charge < -0.3 is 50.9 Å². The molecule has 1 fully saturated rings. The normalized spacial score (nSPS) is 21.0. The topological polar surface area (TPSA) is 364 Å². The van der Waals surface area contributed by atoms with Crippen LogP contribution in [0.15, 0.2) is 37.0 Å². The number of phosphoric ester groups is 3. The van der Waals surface area contributed by atoms with Gasteiger partial charge in [-0.25, -0.2) is 28.6 Å². The molecule has 3 rings (SSSR count). The number of phosphoric acid groups is 3. The fourth-order valence-electron chi connectivity index (χ4n) is 5.64. The van der Waals surface area contributed by atoms with Crippen molar-refractivity contribution >= 4 is 69.1 Å². The van der Waals surface area contributed by atoms with Crippen molar-refractivity contribution in [3.8, 4) is 0 Å². The summed E-state index contributed by atoms with van der Waals surface area (Å²) < 4.78 is 62.3. The van der Waals surface area contributed by atoms with Crippen LogP contribution >= 0.6 is 35.2 Å². The van der Waals surface area contributed by atoms with Crippen LogP contribution in [-0.2, 0) is 50.7 Å². The molecule has 1 aliphatic rings. The number of nitrogens with zero attached hydrogens (tertiary/aromatic N) is 4. The first-order valence-electron chi connectivity index (χ1n) is 19.4. The highest BCUT2D eigenvalue weighted by Crippen LogP contribution is 2.61. The molecule has 0 aliphatic carbocycles. The van der Waals surface area contributed by atoms with Crippen LogP contribution in [0.25, 0.3) is 11.2 Å². The fourth-order valence-corrected chi connectivity index (χ4v) is 9.11. The van der Waals surface area contributed by atoms with Crippen molar-refractivity contribution in [3.63, 3.8) is 0 Å². The molecular weight excluding hydrogens is 903 g/mol. The third-order valence-corrected chi connectivity index (χ3v) is 12.9. The first-order chi connectivity index (χ1) is 29.1. The Hall–Kier alpha value is -2.96. The van der Waals surface area contributed by atoms with Crippen molar-refractivity contribution in [1.29, 1.82) is 0 Å². The summed E-state index contributed by atoms with van der Waals surface area (Å²) in [6.07, 6.45) is 8.01. The Bertz CT molecular complexity index is 2000. The number of nitrogen functional groups attached to an aromatic ring is 1. The summed E-state index contributed by atoms with van der Waals surface area (Å²) in [5.41, 5.74) is 4.27. The lowest BCUT2D eigenvalue weighted by Gasteiger charge is -2.30. The van der Waals surface area contributed by atoms with Crippen LogP contribution in [0.4, 0.5) is 5.82 Å². The molecule has 0 radical (unpaired) electrons. The van der Waals surface area contributed by atoms with Gasteiger partial charge in [-0.2, -0.15) is 4.31 Å². The summed E-state index contributed by atoms with van der Waals surface area (Å²) >= 11 is 1.07. The lowest BCUT2D eigenvalue weighted by Crippen LogP contribution is -2.46. The van der Waals surface area contributed by atoms with E-state index in [0.29, 0.717) is 5.75 Å². The summed E-state index contributed by atoms with van der Waals surface area (Å²) in [5.74, 6) is -1.11. The Morgan fingerprint density at radius 1 is 1.00 bits per heavy atom. The predicted molar refractivity (Wildman–Crippen MR) is 223 cm³/mol. The van der Waals surface area contributed by atoms with E-state index in [1.54, 1.807) is 6.08 Å². The van der Waals surface area contributed by atoms with Gasteiger partial charge in [0.25, 0.3) is 0 Å². The summed E-state index contributed by atoms with van der Waals surface area (Å²) in [6.45, 7) is 2.67. The minimum absolute atomic E-state index is 0.0307. The Kier molecular flexibility index (Phi) is 21.5. The largest absolute Gasteiger partial charge is 0.481 e. The van der Waals surface area contributed by atoms with Crippen molar-refractivity contribution in [2.45, 2.75) is 103 Å². The standard InChI is InChI=1S/C34H56N7O17P3S/c1-4-5-6-7-8-9-10-11-12-13-14-25(43)62-18-17-36-24(42)15-16-37-32(46)29(45)34(2,3)20-55-61(52,53)58-60(50,51)54-19-23-28(57-59(47,48)49)27(44)33(56-23)41-22-40-26-30(35)38-21-39-31(26)41/h10-13,21-23,27-29,33,44-45H,4-9,14-20H2,1-3H3,(H,36,42)(H,37,46)(H,50,51)(H,52,53)(H2,35,38,39)(H2,47,48,49)/b11-10+,13-12+. The molecule has 10 N–H and O–H groups in total. The monoisotopic (exact) mass is 959 g/mol. The van der Waals surface area contributed by atoms with Crippen LogP contribution in [0.1, 0.15) is 78.4 Å². The SMILES string of the molecule is CCCCCCC/C=C/C=C/CC(=O)SCCNC(=O)CCNC(=O)C(O)C(C)(C)COP(=O)(O)OP(=O)(O)OCC1OC(n2cnc3c(N)ncnc32)C(O)C1OP(=O)(O)O. The van der Waals surface area contributed by atoms with Gasteiger partial charge in [0.1, 0.15) is 36.3 Å². The van der Waals surface area contributed by atoms with E-state index < -0.39 is 84.6 Å². The van der Waals surface area contributed by atoms with E-state index in [9.17, 15) is 57.9 Å². The van der Waals surface area contributed by atoms with Crippen molar-refractivity contribution in [2.24, 2.45) is 5.41 Å². The molecule has 7 unspecified atom stereocenters. The number of nitrogens with two attached hydrogens (primary N) is 1. The molecule has 7 atom stereocenters. The molecule has 0 aromatic carbocycles. The van der Waals surface area contributed by atoms with Crippen LogP contribution in [-0.4, -0.2) is 123 Å². The molecule has 28 heteroatoms. The maximum atomic E-state index is 12.7. The quantitative estimate of drug-likeness (QED) is 0.0336. The smallest absolute Gasteiger partial charge is 0.386 e. The van der Waals surface area contributed by atoms with Gasteiger partial charge in [-0.15, -0.1) is 0 Å². The van der Waals surface area contributed by atoms with Gasteiger partial charge in [0.2, 0.25) is 11.8 Å². The number of imidazole rings is 1. The average Bonchev–Trinajstić information content (AvgIpc) is 3.75. The van der Waals surface area contributed by atoms with E-state index in [1.165, 1.54) is 39.5 Å². The van der Waals surface area contributed by atoms with E-state index in [-0.39, 0.29) is 48.0 Å². The van der Waals surface area contributed by atoms with Crippen LogP contribution in [0.3, 0.4) is 0 Å². The molecule has 62 heavy (non-hydrogen) atoms. The van der Waals surface area contributed by atoms with Crippen molar-refractivity contribution in [3.05, 3.63) is 37.0 Å². The van der Waals surface area contributed by atoms with E-state index >= 15 is 0 Å². The van der Waals surface area contributed by atoms with E-state index in [0.717, 1.165) is 41.8 Å². The molecule has 350 valence electrons. The first-order valence-corrected chi connectivity index (χ1v) is 24.9. The Morgan fingerprint density at radius 3 is 2.40 bits per heavy atom. The number of anilines is 1. The number of amides is 2. The maximum Gasteiger partial charge on any atom is 0.481 e. The van der Waals surface area contributed by atoms with E-state index in [4.69, 9.17) is 19.5 Å². The number of thioether (sulfide) groups is 1. The molecular formula is C34H56N7O17P3S. The number of rotatable bonds is 28. The third kappa shape index (κ3) is 18.3. The number of aliphatic hydroxyl groups is 2. The van der Waals surface area contributed by atoms with Crippen LogP contribution in [0.2, 0.25) is 0 Å². The number of nitrogens with one attached hydrogen (secondary N) is 2. The Morgan fingerprint density at radius 2 is 1.69 bits per heavy atom. The second-order valence-electron chi connectivity index (χ2n) is 14.6. The number of carbonyl (C=O) groups is 3. The molecule has 0 spiro atoms. The number of carbonyl (C=O) groups excluding carboxylic acids is 3. The number of hydrogen-bond donors (Lipinski definition) is 9. The zero-order chi connectivity index (χ0) is 46.1. The van der Waals surface area contributed by atoms with Crippen molar-refractivity contribution < 1.29 is 80.5 Å². The number of hydrogen-bond acceptors (Lipinski definition) is 18. The van der Waals surface area contributed by atoms with Crippen LogP contribution in [0, 0.1) is 5.41 Å². The van der Waals surface area contributed by atoms with Gasteiger partial charge in [0, 0.05) is 37.1 Å². The minimum atomic E-state index is -5.58. The summed E-state index contributed by atoms with van der Waals surface area (Å²) in [6, 6.07) is 0. The molecule has 2 aromatic heterocycles. The Balaban J connectivity index is 1.39. The van der Waals surface area contributed by atoms with Gasteiger partial charge in [-0.3, -0.25) is 32.5 Å². The van der Waals surface area contributed by atoms with Crippen molar-refractivity contribution in [1.82, 2.24) is 30.2 Å². The molecule has 0 saturated carbocycles. The number of unbranched alkanes of at least 4 members (excludes halogenated alkanes) is 5. The highest BCUT2D eigenvalue weighted by atomic mass is 32.2. The molecule has 2 aromatic rings. The zero-order valence-electron chi connectivity index (χ0n) is 34.3. The number of aromatic nitrogens is 4. The van der Waals surface area contributed by atoms with Gasteiger partial charge in [-0.05, 0) is 12.8 Å². The number of aliphatic hydroxyl groups excluding tert-OH is 2. The summed E-state index contributed by atoms with van der Waals surface area (Å²) in [4.78, 5) is 88.0. The van der Waals surface area contributed by atoms with Gasteiger partial charge >= 0.3 is 23.5 Å². The summed E-state index contributed by atoms with van der Waals surface area (Å²) in [7, 11) is -16.4. The molecule has 0 bridgehead atoms. The van der Waals surface area contributed by atoms with E-state index in [1.807, 2.05) is 12.2 Å². The zero-order valence-corrected chi connectivity index (χ0v) is 37.8. The van der Waals surface area contributed by atoms with Gasteiger partial charge in [0.05, 0.1) is 19.5 Å². The van der Waals surface area contributed by atoms with Gasteiger partial charge in [0.15, 0.2) is 22.8 Å². The minimum Gasteiger partial charge on any atom is -0.386 e. The fraction of sp³-hybridized carbons (Fsp3) is 0.647. The lowest BCUT2D eigenvalue weighted by atomic mass is 9.87. The second kappa shape index (κ2) is 24.9. The highest BCUT2D eigenvalue weighted by molar-refractivity contribution is 8.13. The maximum absolute atomic E-state index is 12.7. The number of ether oxygens (including phenoxy) is 1. The molecule has 3 heterocycles. The van der Waals surface area contributed by atoms with Crippen LogP contribution < -0.4 is 16.4 Å². The average molecular weight is 960 g/mol. The number of allylic oxidation sites excluding steroid dienone is 4. The first kappa shape index (κ1) is 53.4. The third-order valence-electron chi connectivity index (χ3n) is 8.91. The van der Waals surface area contributed by atoms with Gasteiger partial charge in [-0.1, -0.05) is 82.5 Å². The summed E-state index contributed by atoms with van der Waals surface area (Å²) in [5, 5.41) is 26.4. The molecule has 2 amide bonds. The molecule has 1 saturated heterocycles. The molecule has 1 aliphatic heterocycles. The lowest BCUT2D eigenvalue weighted by molar-refractivity contribution is -0.137.